The Balaban J connectivity index is 2.30. The minimum atomic E-state index is -0.129. The van der Waals surface area contributed by atoms with E-state index in [4.69, 9.17) is 5.26 Å². The molecule has 1 fully saturated rings. The van der Waals surface area contributed by atoms with Crippen LogP contribution < -0.4 is 4.90 Å². The molecule has 1 N–H and O–H groups in total. The second kappa shape index (κ2) is 4.15. The third-order valence-electron chi connectivity index (χ3n) is 3.23. The Bertz CT molecular complexity index is 641. The zero-order valence-electron chi connectivity index (χ0n) is 9.80. The Morgan fingerprint density at radius 1 is 1.33 bits per heavy atom. The third-order valence-corrected chi connectivity index (χ3v) is 3.23. The van der Waals surface area contributed by atoms with Gasteiger partial charge in [-0.05, 0) is 25.0 Å². The van der Waals surface area contributed by atoms with Crippen molar-refractivity contribution in [3.8, 4) is 11.8 Å². The first-order chi connectivity index (χ1) is 8.81. The van der Waals surface area contributed by atoms with Crippen molar-refractivity contribution < 1.29 is 5.11 Å². The summed E-state index contributed by atoms with van der Waals surface area (Å²) in [5, 5.41) is 19.8. The second-order valence-electron chi connectivity index (χ2n) is 4.34. The molecule has 0 unspecified atom stereocenters. The average molecular weight is 240 g/mol. The lowest BCUT2D eigenvalue weighted by Gasteiger charge is -2.18. The SMILES string of the molecule is N#Cc1nc(N2CCCC2)c2cccnc2c1O. The van der Waals surface area contributed by atoms with Crippen molar-refractivity contribution >= 4 is 16.7 Å². The molecule has 1 aliphatic rings. The van der Waals surface area contributed by atoms with Crippen molar-refractivity contribution in [3.63, 3.8) is 0 Å². The summed E-state index contributed by atoms with van der Waals surface area (Å²) in [5.41, 5.74) is 0.494. The van der Waals surface area contributed by atoms with Gasteiger partial charge in [0.05, 0.1) is 0 Å². The Labute approximate surface area is 104 Å². The van der Waals surface area contributed by atoms with E-state index in [-0.39, 0.29) is 11.4 Å². The Morgan fingerprint density at radius 3 is 2.83 bits per heavy atom. The molecular formula is C13H12N4O. The normalized spacial score (nSPS) is 14.9. The van der Waals surface area contributed by atoms with Gasteiger partial charge >= 0.3 is 0 Å². The highest BCUT2D eigenvalue weighted by molar-refractivity contribution is 5.94. The molecule has 0 radical (unpaired) electrons. The van der Waals surface area contributed by atoms with Crippen molar-refractivity contribution in [2.24, 2.45) is 0 Å². The van der Waals surface area contributed by atoms with E-state index in [9.17, 15) is 5.11 Å². The molecule has 0 saturated carbocycles. The van der Waals surface area contributed by atoms with Crippen LogP contribution in [0.1, 0.15) is 18.5 Å². The first-order valence-electron chi connectivity index (χ1n) is 5.94. The van der Waals surface area contributed by atoms with E-state index in [0.29, 0.717) is 5.52 Å². The van der Waals surface area contributed by atoms with E-state index in [1.165, 1.54) is 0 Å². The van der Waals surface area contributed by atoms with Crippen LogP contribution in [0.4, 0.5) is 5.82 Å². The lowest BCUT2D eigenvalue weighted by Crippen LogP contribution is -2.19. The Kier molecular flexibility index (Phi) is 2.49. The Morgan fingerprint density at radius 2 is 2.11 bits per heavy atom. The molecule has 0 spiro atoms. The summed E-state index contributed by atoms with van der Waals surface area (Å²) in [4.78, 5) is 10.6. The van der Waals surface area contributed by atoms with Crippen molar-refractivity contribution in [1.29, 1.82) is 5.26 Å². The molecule has 18 heavy (non-hydrogen) atoms. The molecule has 0 aliphatic carbocycles. The van der Waals surface area contributed by atoms with E-state index in [2.05, 4.69) is 14.9 Å². The quantitative estimate of drug-likeness (QED) is 0.822. The molecule has 0 atom stereocenters. The number of nitriles is 1. The van der Waals surface area contributed by atoms with Gasteiger partial charge in [0.25, 0.3) is 0 Å². The van der Waals surface area contributed by atoms with Crippen LogP contribution in [0.15, 0.2) is 18.3 Å². The number of hydrogen-bond donors (Lipinski definition) is 1. The number of aromatic hydroxyl groups is 1. The maximum atomic E-state index is 9.95. The minimum Gasteiger partial charge on any atom is -0.503 e. The van der Waals surface area contributed by atoms with Crippen molar-refractivity contribution in [1.82, 2.24) is 9.97 Å². The van der Waals surface area contributed by atoms with Crippen LogP contribution in [-0.4, -0.2) is 28.2 Å². The summed E-state index contributed by atoms with van der Waals surface area (Å²) in [5.74, 6) is 0.626. The molecule has 2 aromatic heterocycles. The average Bonchev–Trinajstić information content (AvgIpc) is 2.93. The molecule has 0 aromatic carbocycles. The topological polar surface area (TPSA) is 73.0 Å². The van der Waals surface area contributed by atoms with Crippen LogP contribution in [0.3, 0.4) is 0 Å². The van der Waals surface area contributed by atoms with Crippen LogP contribution in [0, 0.1) is 11.3 Å². The summed E-state index contributed by atoms with van der Waals surface area (Å²) in [6.45, 7) is 1.87. The molecule has 5 heteroatoms. The Hall–Kier alpha value is -2.35. The van der Waals surface area contributed by atoms with Crippen molar-refractivity contribution in [2.75, 3.05) is 18.0 Å². The second-order valence-corrected chi connectivity index (χ2v) is 4.34. The van der Waals surface area contributed by atoms with Gasteiger partial charge in [-0.25, -0.2) is 4.98 Å². The van der Waals surface area contributed by atoms with Gasteiger partial charge in [0.2, 0.25) is 0 Å². The molecule has 1 saturated heterocycles. The lowest BCUT2D eigenvalue weighted by molar-refractivity contribution is 0.476. The highest BCUT2D eigenvalue weighted by atomic mass is 16.3. The van der Waals surface area contributed by atoms with Gasteiger partial charge < -0.3 is 10.0 Å². The van der Waals surface area contributed by atoms with Crippen LogP contribution >= 0.6 is 0 Å². The van der Waals surface area contributed by atoms with Crippen molar-refractivity contribution in [3.05, 3.63) is 24.0 Å². The van der Waals surface area contributed by atoms with Gasteiger partial charge in [0.1, 0.15) is 17.4 Å². The first-order valence-corrected chi connectivity index (χ1v) is 5.94. The smallest absolute Gasteiger partial charge is 0.186 e. The number of anilines is 1. The third kappa shape index (κ3) is 1.54. The van der Waals surface area contributed by atoms with Gasteiger partial charge in [-0.3, -0.25) is 4.98 Å². The molecule has 3 rings (SSSR count). The number of hydrogen-bond acceptors (Lipinski definition) is 5. The first kappa shape index (κ1) is 10.8. The summed E-state index contributed by atoms with van der Waals surface area (Å²) < 4.78 is 0. The zero-order valence-corrected chi connectivity index (χ0v) is 9.80. The highest BCUT2D eigenvalue weighted by Crippen LogP contribution is 2.33. The fraction of sp³-hybridized carbons (Fsp3) is 0.308. The number of rotatable bonds is 1. The number of pyridine rings is 2. The summed E-state index contributed by atoms with van der Waals surface area (Å²) >= 11 is 0. The molecule has 0 amide bonds. The van der Waals surface area contributed by atoms with Crippen molar-refractivity contribution in [2.45, 2.75) is 12.8 Å². The van der Waals surface area contributed by atoms with Crippen LogP contribution in [0.5, 0.6) is 5.75 Å². The van der Waals surface area contributed by atoms with Gasteiger partial charge in [-0.15, -0.1) is 0 Å². The van der Waals surface area contributed by atoms with Gasteiger partial charge in [0.15, 0.2) is 11.4 Å². The van der Waals surface area contributed by atoms with E-state index in [1.807, 2.05) is 18.2 Å². The molecule has 2 aromatic rings. The maximum absolute atomic E-state index is 9.95. The van der Waals surface area contributed by atoms with E-state index >= 15 is 0 Å². The van der Waals surface area contributed by atoms with Crippen LogP contribution in [0.2, 0.25) is 0 Å². The molecule has 5 nitrogen and oxygen atoms in total. The zero-order chi connectivity index (χ0) is 12.5. The van der Waals surface area contributed by atoms with Gasteiger partial charge in [-0.2, -0.15) is 5.26 Å². The highest BCUT2D eigenvalue weighted by Gasteiger charge is 2.20. The molecule has 3 heterocycles. The number of nitrogens with zero attached hydrogens (tertiary/aromatic N) is 4. The molecule has 1 aliphatic heterocycles. The van der Waals surface area contributed by atoms with E-state index in [0.717, 1.165) is 37.1 Å². The fourth-order valence-corrected chi connectivity index (χ4v) is 2.35. The monoisotopic (exact) mass is 240 g/mol. The van der Waals surface area contributed by atoms with Gasteiger partial charge in [-0.1, -0.05) is 0 Å². The summed E-state index contributed by atoms with van der Waals surface area (Å²) in [6, 6.07) is 5.62. The molecule has 90 valence electrons. The standard InChI is InChI=1S/C13H12N4O/c14-8-10-12(18)11-9(4-3-5-15-11)13(16-10)17-6-1-2-7-17/h3-5,18H,1-2,6-7H2. The lowest BCUT2D eigenvalue weighted by atomic mass is 10.2. The molecule has 0 bridgehead atoms. The summed E-state index contributed by atoms with van der Waals surface area (Å²) in [6.07, 6.45) is 3.87. The largest absolute Gasteiger partial charge is 0.503 e. The van der Waals surface area contributed by atoms with Gasteiger partial charge in [0, 0.05) is 24.7 Å². The maximum Gasteiger partial charge on any atom is 0.186 e. The predicted molar refractivity (Wildman–Crippen MR) is 67.4 cm³/mol. The fourth-order valence-electron chi connectivity index (χ4n) is 2.35. The predicted octanol–water partition coefficient (Wildman–Crippen LogP) is 1.81. The summed E-state index contributed by atoms with van der Waals surface area (Å²) in [7, 11) is 0. The van der Waals surface area contributed by atoms with Crippen LogP contribution in [0.25, 0.3) is 10.9 Å². The van der Waals surface area contributed by atoms with E-state index < -0.39 is 0 Å². The molecular weight excluding hydrogens is 228 g/mol. The van der Waals surface area contributed by atoms with E-state index in [1.54, 1.807) is 6.20 Å². The minimum absolute atomic E-state index is 0.0445. The number of aromatic nitrogens is 2. The van der Waals surface area contributed by atoms with Crippen LogP contribution in [-0.2, 0) is 0 Å². The number of fused-ring (bicyclic) bond motifs is 1.